The molecular formula is C13H19NO4. The van der Waals surface area contributed by atoms with Gasteiger partial charge in [0.2, 0.25) is 0 Å². The molecule has 1 amide bonds. The molecule has 1 atom stereocenters. The summed E-state index contributed by atoms with van der Waals surface area (Å²) in [7, 11) is 0. The molecule has 100 valence electrons. The molecule has 0 spiro atoms. The number of nitrogens with one attached hydrogen (secondary N) is 1. The van der Waals surface area contributed by atoms with Crippen LogP contribution in [0.3, 0.4) is 0 Å². The van der Waals surface area contributed by atoms with Gasteiger partial charge < -0.3 is 14.8 Å². The van der Waals surface area contributed by atoms with Gasteiger partial charge in [-0.3, -0.25) is 9.59 Å². The first kappa shape index (κ1) is 14.3. The van der Waals surface area contributed by atoms with Gasteiger partial charge in [0.05, 0.1) is 17.7 Å². The Morgan fingerprint density at radius 3 is 2.83 bits per heavy atom. The Balaban J connectivity index is 2.32. The molecule has 0 fully saturated rings. The molecular weight excluding hydrogens is 234 g/mol. The van der Waals surface area contributed by atoms with E-state index in [1.807, 2.05) is 6.92 Å². The minimum absolute atomic E-state index is 0.163. The topological polar surface area (TPSA) is 79.5 Å². The van der Waals surface area contributed by atoms with Crippen molar-refractivity contribution < 1.29 is 19.1 Å². The maximum atomic E-state index is 11.8. The highest BCUT2D eigenvalue weighted by Gasteiger charge is 2.13. The Morgan fingerprint density at radius 1 is 1.50 bits per heavy atom. The molecule has 1 aromatic heterocycles. The van der Waals surface area contributed by atoms with E-state index < -0.39 is 5.97 Å². The second-order valence-electron chi connectivity index (χ2n) is 4.25. The summed E-state index contributed by atoms with van der Waals surface area (Å²) in [6.45, 7) is 4.06. The normalized spacial score (nSPS) is 12.1. The van der Waals surface area contributed by atoms with Crippen molar-refractivity contribution in [3.8, 4) is 0 Å². The van der Waals surface area contributed by atoms with Crippen LogP contribution in [0.2, 0.25) is 0 Å². The first-order chi connectivity index (χ1) is 8.56. The van der Waals surface area contributed by atoms with Crippen LogP contribution in [0.1, 0.15) is 42.8 Å². The smallest absolute Gasteiger partial charge is 0.306 e. The summed E-state index contributed by atoms with van der Waals surface area (Å²) in [6.07, 6.45) is 3.38. The number of hydrogen-bond acceptors (Lipinski definition) is 3. The number of furan rings is 1. The van der Waals surface area contributed by atoms with Gasteiger partial charge in [-0.1, -0.05) is 13.8 Å². The minimum atomic E-state index is -0.801. The maximum Gasteiger partial charge on any atom is 0.306 e. The SMILES string of the molecule is CCc1occc1C(=O)NCCCC(C)C(=O)O. The lowest BCUT2D eigenvalue weighted by atomic mass is 10.1. The van der Waals surface area contributed by atoms with Crippen molar-refractivity contribution in [1.29, 1.82) is 0 Å². The van der Waals surface area contributed by atoms with Gasteiger partial charge >= 0.3 is 5.97 Å². The lowest BCUT2D eigenvalue weighted by Gasteiger charge is -2.07. The molecule has 0 aliphatic rings. The molecule has 0 saturated carbocycles. The van der Waals surface area contributed by atoms with Crippen molar-refractivity contribution in [2.75, 3.05) is 6.54 Å². The number of carbonyl (C=O) groups is 2. The number of hydrogen-bond donors (Lipinski definition) is 2. The standard InChI is InChI=1S/C13H19NO4/c1-3-11-10(6-8-18-11)12(15)14-7-4-5-9(2)13(16)17/h6,8-9H,3-5,7H2,1-2H3,(H,14,15)(H,16,17). The Bertz CT molecular complexity index is 411. The molecule has 5 heteroatoms. The summed E-state index contributed by atoms with van der Waals surface area (Å²) in [6, 6.07) is 1.65. The van der Waals surface area contributed by atoms with Gasteiger partial charge in [-0.2, -0.15) is 0 Å². The number of aliphatic carboxylic acids is 1. The average Bonchev–Trinajstić information content (AvgIpc) is 2.82. The van der Waals surface area contributed by atoms with Crippen LogP contribution in [-0.2, 0) is 11.2 Å². The monoisotopic (exact) mass is 253 g/mol. The van der Waals surface area contributed by atoms with Gasteiger partial charge in [-0.15, -0.1) is 0 Å². The molecule has 1 heterocycles. The van der Waals surface area contributed by atoms with E-state index in [4.69, 9.17) is 9.52 Å². The Kier molecular flexibility index (Phi) is 5.42. The Labute approximate surface area is 106 Å². The van der Waals surface area contributed by atoms with E-state index in [2.05, 4.69) is 5.32 Å². The third-order valence-corrected chi connectivity index (χ3v) is 2.83. The van der Waals surface area contributed by atoms with E-state index in [1.165, 1.54) is 6.26 Å². The van der Waals surface area contributed by atoms with E-state index in [0.717, 1.165) is 0 Å². The number of carboxylic acids is 1. The van der Waals surface area contributed by atoms with Crippen molar-refractivity contribution in [3.63, 3.8) is 0 Å². The zero-order valence-corrected chi connectivity index (χ0v) is 10.7. The second-order valence-corrected chi connectivity index (χ2v) is 4.25. The number of aryl methyl sites for hydroxylation is 1. The average molecular weight is 253 g/mol. The van der Waals surface area contributed by atoms with E-state index in [-0.39, 0.29) is 11.8 Å². The molecule has 0 radical (unpaired) electrons. The van der Waals surface area contributed by atoms with Crippen LogP contribution < -0.4 is 5.32 Å². The van der Waals surface area contributed by atoms with E-state index >= 15 is 0 Å². The van der Waals surface area contributed by atoms with Crippen molar-refractivity contribution in [2.24, 2.45) is 5.92 Å². The summed E-state index contributed by atoms with van der Waals surface area (Å²) in [5.74, 6) is -0.665. The summed E-state index contributed by atoms with van der Waals surface area (Å²) in [5, 5.41) is 11.5. The fourth-order valence-electron chi connectivity index (χ4n) is 1.65. The highest BCUT2D eigenvalue weighted by molar-refractivity contribution is 5.95. The number of carbonyl (C=O) groups excluding carboxylic acids is 1. The van der Waals surface area contributed by atoms with E-state index in [0.29, 0.717) is 37.1 Å². The first-order valence-electron chi connectivity index (χ1n) is 6.13. The van der Waals surface area contributed by atoms with Gasteiger partial charge in [-0.25, -0.2) is 0 Å². The number of carboxylic acid groups (broad SMARTS) is 1. The molecule has 0 bridgehead atoms. The highest BCUT2D eigenvalue weighted by atomic mass is 16.4. The maximum absolute atomic E-state index is 11.8. The van der Waals surface area contributed by atoms with Gasteiger partial charge in [0.15, 0.2) is 0 Å². The second kappa shape index (κ2) is 6.83. The van der Waals surface area contributed by atoms with E-state index in [1.54, 1.807) is 13.0 Å². The van der Waals surface area contributed by atoms with Crippen LogP contribution in [0.25, 0.3) is 0 Å². The Hall–Kier alpha value is -1.78. The molecule has 18 heavy (non-hydrogen) atoms. The molecule has 1 rings (SSSR count). The van der Waals surface area contributed by atoms with Crippen LogP contribution in [0.4, 0.5) is 0 Å². The van der Waals surface area contributed by atoms with Gasteiger partial charge in [-0.05, 0) is 18.9 Å². The number of amides is 1. The predicted molar refractivity (Wildman–Crippen MR) is 66.5 cm³/mol. The van der Waals surface area contributed by atoms with Crippen LogP contribution >= 0.6 is 0 Å². The molecule has 0 saturated heterocycles. The molecule has 0 aliphatic heterocycles. The largest absolute Gasteiger partial charge is 0.481 e. The summed E-state index contributed by atoms with van der Waals surface area (Å²) < 4.78 is 5.17. The van der Waals surface area contributed by atoms with Gasteiger partial charge in [0.25, 0.3) is 5.91 Å². The zero-order valence-electron chi connectivity index (χ0n) is 10.7. The summed E-state index contributed by atoms with van der Waals surface area (Å²) in [4.78, 5) is 22.4. The fraction of sp³-hybridized carbons (Fsp3) is 0.538. The van der Waals surface area contributed by atoms with E-state index in [9.17, 15) is 9.59 Å². The van der Waals surface area contributed by atoms with Crippen molar-refractivity contribution in [1.82, 2.24) is 5.32 Å². The van der Waals surface area contributed by atoms with Crippen LogP contribution in [0.15, 0.2) is 16.7 Å². The van der Waals surface area contributed by atoms with Crippen molar-refractivity contribution in [3.05, 3.63) is 23.7 Å². The fourth-order valence-corrected chi connectivity index (χ4v) is 1.65. The minimum Gasteiger partial charge on any atom is -0.481 e. The molecule has 0 aromatic carbocycles. The molecule has 1 aromatic rings. The lowest BCUT2D eigenvalue weighted by molar-refractivity contribution is -0.141. The molecule has 5 nitrogen and oxygen atoms in total. The zero-order chi connectivity index (χ0) is 13.5. The third kappa shape index (κ3) is 3.91. The molecule has 1 unspecified atom stereocenters. The quantitative estimate of drug-likeness (QED) is 0.729. The first-order valence-corrected chi connectivity index (χ1v) is 6.13. The molecule has 0 aliphatic carbocycles. The van der Waals surface area contributed by atoms with Crippen LogP contribution in [-0.4, -0.2) is 23.5 Å². The van der Waals surface area contributed by atoms with Gasteiger partial charge in [0, 0.05) is 13.0 Å². The lowest BCUT2D eigenvalue weighted by Crippen LogP contribution is -2.25. The summed E-state index contributed by atoms with van der Waals surface area (Å²) >= 11 is 0. The Morgan fingerprint density at radius 2 is 2.22 bits per heavy atom. The van der Waals surface area contributed by atoms with Crippen LogP contribution in [0.5, 0.6) is 0 Å². The van der Waals surface area contributed by atoms with Gasteiger partial charge in [0.1, 0.15) is 5.76 Å². The van der Waals surface area contributed by atoms with Crippen LogP contribution in [0, 0.1) is 5.92 Å². The molecule has 2 N–H and O–H groups in total. The highest BCUT2D eigenvalue weighted by Crippen LogP contribution is 2.11. The number of rotatable bonds is 7. The predicted octanol–water partition coefficient (Wildman–Crippen LogP) is 2.07. The third-order valence-electron chi connectivity index (χ3n) is 2.83. The van der Waals surface area contributed by atoms with Crippen molar-refractivity contribution >= 4 is 11.9 Å². The van der Waals surface area contributed by atoms with Crippen molar-refractivity contribution in [2.45, 2.75) is 33.1 Å². The summed E-state index contributed by atoms with van der Waals surface area (Å²) in [5.41, 5.74) is 0.559.